The van der Waals surface area contributed by atoms with Gasteiger partial charge in [0.25, 0.3) is 5.91 Å². The van der Waals surface area contributed by atoms with E-state index in [1.54, 1.807) is 0 Å². The molecular weight excluding hydrogens is 322 g/mol. The topological polar surface area (TPSA) is 57.6 Å². The second-order valence-corrected chi connectivity index (χ2v) is 6.18. The lowest BCUT2D eigenvalue weighted by Gasteiger charge is -2.17. The maximum absolute atomic E-state index is 12.5. The number of aryl methyl sites for hydroxylation is 1. The zero-order chi connectivity index (χ0) is 14.7. The molecule has 1 heterocycles. The number of halogens is 1. The third-order valence-corrected chi connectivity index (χ3v) is 4.38. The molecule has 1 amide bonds. The van der Waals surface area contributed by atoms with Gasteiger partial charge >= 0.3 is 5.97 Å². The van der Waals surface area contributed by atoms with Crippen LogP contribution in [0.3, 0.4) is 0 Å². The van der Waals surface area contributed by atoms with Gasteiger partial charge in [0, 0.05) is 24.0 Å². The van der Waals surface area contributed by atoms with Crippen LogP contribution in [0.2, 0.25) is 0 Å². The van der Waals surface area contributed by atoms with E-state index in [9.17, 15) is 9.59 Å². The first-order chi connectivity index (χ1) is 9.47. The third kappa shape index (κ3) is 3.60. The highest BCUT2D eigenvalue weighted by atomic mass is 79.9. The Labute approximate surface area is 126 Å². The number of aliphatic carboxylic acids is 1. The van der Waals surface area contributed by atoms with Gasteiger partial charge in [-0.05, 0) is 53.7 Å². The van der Waals surface area contributed by atoms with Gasteiger partial charge in [-0.25, -0.2) is 0 Å². The van der Waals surface area contributed by atoms with Crippen molar-refractivity contribution in [3.8, 4) is 0 Å². The number of carbonyl (C=O) groups is 2. The molecule has 20 heavy (non-hydrogen) atoms. The molecule has 1 fully saturated rings. The number of carboxylic acid groups (broad SMARTS) is 1. The molecule has 0 saturated carbocycles. The lowest BCUT2D eigenvalue weighted by atomic mass is 10.0. The van der Waals surface area contributed by atoms with Crippen LogP contribution in [0.25, 0.3) is 0 Å². The van der Waals surface area contributed by atoms with Crippen molar-refractivity contribution in [3.05, 3.63) is 33.8 Å². The maximum atomic E-state index is 12.5. The molecule has 4 nitrogen and oxygen atoms in total. The highest BCUT2D eigenvalue weighted by Crippen LogP contribution is 2.25. The summed E-state index contributed by atoms with van der Waals surface area (Å²) in [6.07, 6.45) is 1.72. The van der Waals surface area contributed by atoms with Crippen LogP contribution in [0, 0.1) is 12.8 Å². The molecule has 0 bridgehead atoms. The molecule has 0 aliphatic carbocycles. The van der Waals surface area contributed by atoms with Gasteiger partial charge in [-0.3, -0.25) is 9.59 Å². The summed E-state index contributed by atoms with van der Waals surface area (Å²) in [5.41, 5.74) is 1.74. The minimum absolute atomic E-state index is 0.0263. The summed E-state index contributed by atoms with van der Waals surface area (Å²) >= 11 is 3.42. The van der Waals surface area contributed by atoms with Gasteiger partial charge in [-0.1, -0.05) is 11.6 Å². The Kier molecular flexibility index (Phi) is 4.81. The minimum Gasteiger partial charge on any atom is -0.481 e. The second-order valence-electron chi connectivity index (χ2n) is 5.32. The first kappa shape index (κ1) is 15.0. The Balaban J connectivity index is 2.00. The molecular formula is C15H18BrNO3. The van der Waals surface area contributed by atoms with E-state index in [1.165, 1.54) is 0 Å². The van der Waals surface area contributed by atoms with Crippen molar-refractivity contribution in [3.63, 3.8) is 0 Å². The lowest BCUT2D eigenvalue weighted by molar-refractivity contribution is -0.137. The number of carbonyl (C=O) groups excluding carboxylic acids is 1. The van der Waals surface area contributed by atoms with Gasteiger partial charge in [0.15, 0.2) is 0 Å². The van der Waals surface area contributed by atoms with Crippen LogP contribution >= 0.6 is 15.9 Å². The van der Waals surface area contributed by atoms with E-state index in [0.717, 1.165) is 16.5 Å². The van der Waals surface area contributed by atoms with Gasteiger partial charge in [0.1, 0.15) is 0 Å². The molecule has 0 spiro atoms. The Morgan fingerprint density at radius 3 is 2.90 bits per heavy atom. The molecule has 0 radical (unpaired) electrons. The standard InChI is InChI=1S/C15H18BrNO3/c1-10-2-4-13(16)12(8-10)15(20)17-7-6-11(9-17)3-5-14(18)19/h2,4,8,11H,3,5-7,9H2,1H3,(H,18,19). The number of rotatable bonds is 4. The quantitative estimate of drug-likeness (QED) is 0.916. The van der Waals surface area contributed by atoms with Crippen LogP contribution < -0.4 is 0 Å². The van der Waals surface area contributed by atoms with Crippen molar-refractivity contribution in [2.75, 3.05) is 13.1 Å². The normalized spacial score (nSPS) is 18.3. The smallest absolute Gasteiger partial charge is 0.303 e. The van der Waals surface area contributed by atoms with E-state index in [1.807, 2.05) is 30.0 Å². The summed E-state index contributed by atoms with van der Waals surface area (Å²) in [6.45, 7) is 3.33. The molecule has 1 aromatic carbocycles. The predicted octanol–water partition coefficient (Wildman–Crippen LogP) is 3.08. The third-order valence-electron chi connectivity index (χ3n) is 3.69. The van der Waals surface area contributed by atoms with Crippen LogP contribution in [0.15, 0.2) is 22.7 Å². The lowest BCUT2D eigenvalue weighted by Crippen LogP contribution is -2.29. The molecule has 5 heteroatoms. The number of amides is 1. The monoisotopic (exact) mass is 339 g/mol. The predicted molar refractivity (Wildman–Crippen MR) is 79.8 cm³/mol. The van der Waals surface area contributed by atoms with Gasteiger partial charge in [0.05, 0.1) is 5.56 Å². The first-order valence-corrected chi connectivity index (χ1v) is 7.54. The van der Waals surface area contributed by atoms with Crippen molar-refractivity contribution in [1.29, 1.82) is 0 Å². The Morgan fingerprint density at radius 1 is 1.45 bits per heavy atom. The van der Waals surface area contributed by atoms with Gasteiger partial charge in [0.2, 0.25) is 0 Å². The minimum atomic E-state index is -0.767. The Morgan fingerprint density at radius 2 is 2.20 bits per heavy atom. The molecule has 1 saturated heterocycles. The van der Waals surface area contributed by atoms with E-state index in [0.29, 0.717) is 31.0 Å². The van der Waals surface area contributed by atoms with E-state index >= 15 is 0 Å². The molecule has 1 aliphatic rings. The Hall–Kier alpha value is -1.36. The van der Waals surface area contributed by atoms with Crippen molar-refractivity contribution < 1.29 is 14.7 Å². The number of hydrogen-bond donors (Lipinski definition) is 1. The SMILES string of the molecule is Cc1ccc(Br)c(C(=O)N2CCC(CCC(=O)O)C2)c1. The van der Waals surface area contributed by atoms with Crippen molar-refractivity contribution >= 4 is 27.8 Å². The molecule has 1 unspecified atom stereocenters. The van der Waals surface area contributed by atoms with Crippen LogP contribution in [0.5, 0.6) is 0 Å². The summed E-state index contributed by atoms with van der Waals surface area (Å²) in [7, 11) is 0. The van der Waals surface area contributed by atoms with Crippen molar-refractivity contribution in [2.24, 2.45) is 5.92 Å². The fraction of sp³-hybridized carbons (Fsp3) is 0.467. The van der Waals surface area contributed by atoms with Gasteiger partial charge < -0.3 is 10.0 Å². The highest BCUT2D eigenvalue weighted by Gasteiger charge is 2.28. The number of likely N-dealkylation sites (tertiary alicyclic amines) is 1. The van der Waals surface area contributed by atoms with Crippen LogP contribution in [-0.4, -0.2) is 35.0 Å². The Bertz CT molecular complexity index is 530. The molecule has 1 N–H and O–H groups in total. The highest BCUT2D eigenvalue weighted by molar-refractivity contribution is 9.10. The van der Waals surface area contributed by atoms with Crippen molar-refractivity contribution in [1.82, 2.24) is 4.90 Å². The summed E-state index contributed by atoms with van der Waals surface area (Å²) < 4.78 is 0.807. The van der Waals surface area contributed by atoms with Gasteiger partial charge in [-0.15, -0.1) is 0 Å². The van der Waals surface area contributed by atoms with E-state index in [4.69, 9.17) is 5.11 Å². The number of benzene rings is 1. The molecule has 108 valence electrons. The fourth-order valence-electron chi connectivity index (χ4n) is 2.55. The molecule has 1 atom stereocenters. The van der Waals surface area contributed by atoms with Crippen LogP contribution in [0.1, 0.15) is 35.2 Å². The van der Waals surface area contributed by atoms with E-state index in [-0.39, 0.29) is 12.3 Å². The number of nitrogens with zero attached hydrogens (tertiary/aromatic N) is 1. The van der Waals surface area contributed by atoms with E-state index in [2.05, 4.69) is 15.9 Å². The number of hydrogen-bond acceptors (Lipinski definition) is 2. The molecule has 2 rings (SSSR count). The average Bonchev–Trinajstić information content (AvgIpc) is 2.87. The maximum Gasteiger partial charge on any atom is 0.303 e. The first-order valence-electron chi connectivity index (χ1n) is 6.74. The zero-order valence-electron chi connectivity index (χ0n) is 11.4. The average molecular weight is 340 g/mol. The molecule has 1 aliphatic heterocycles. The van der Waals surface area contributed by atoms with Crippen molar-refractivity contribution in [2.45, 2.75) is 26.2 Å². The summed E-state index contributed by atoms with van der Waals surface area (Å²) in [5.74, 6) is -0.437. The summed E-state index contributed by atoms with van der Waals surface area (Å²) in [4.78, 5) is 24.9. The summed E-state index contributed by atoms with van der Waals surface area (Å²) in [5, 5.41) is 8.71. The molecule has 0 aromatic heterocycles. The second kappa shape index (κ2) is 6.39. The van der Waals surface area contributed by atoms with Gasteiger partial charge in [-0.2, -0.15) is 0 Å². The largest absolute Gasteiger partial charge is 0.481 e. The number of carboxylic acids is 1. The van der Waals surface area contributed by atoms with Crippen LogP contribution in [-0.2, 0) is 4.79 Å². The fourth-order valence-corrected chi connectivity index (χ4v) is 2.97. The zero-order valence-corrected chi connectivity index (χ0v) is 13.0. The van der Waals surface area contributed by atoms with E-state index < -0.39 is 5.97 Å². The van der Waals surface area contributed by atoms with Crippen LogP contribution in [0.4, 0.5) is 0 Å². The summed E-state index contributed by atoms with van der Waals surface area (Å²) in [6, 6.07) is 5.73. The molecule has 1 aromatic rings.